The second-order valence-corrected chi connectivity index (χ2v) is 5.95. The third kappa shape index (κ3) is 4.22. The first-order chi connectivity index (χ1) is 9.40. The lowest BCUT2D eigenvalue weighted by atomic mass is 9.74. The SMILES string of the molecule is C/C=C(/C)CC(C)(C(=O)OCc1ccccc1)C(C)C. The standard InChI is InChI=1S/C18H26O2/c1-6-15(4)12-18(5,14(2)3)17(19)20-13-16-10-8-7-9-11-16/h6-11,14H,12-13H2,1-5H3/b15-6-. The molecule has 0 aromatic heterocycles. The van der Waals surface area contributed by atoms with Crippen molar-refractivity contribution in [2.45, 2.75) is 47.6 Å². The van der Waals surface area contributed by atoms with Crippen LogP contribution < -0.4 is 0 Å². The van der Waals surface area contributed by atoms with Crippen molar-refractivity contribution in [3.05, 3.63) is 47.5 Å². The van der Waals surface area contributed by atoms with E-state index in [-0.39, 0.29) is 11.9 Å². The Morgan fingerprint density at radius 2 is 1.90 bits per heavy atom. The van der Waals surface area contributed by atoms with E-state index in [4.69, 9.17) is 4.74 Å². The van der Waals surface area contributed by atoms with Crippen molar-refractivity contribution in [3.63, 3.8) is 0 Å². The predicted molar refractivity (Wildman–Crippen MR) is 83.2 cm³/mol. The predicted octanol–water partition coefficient (Wildman–Crippen LogP) is 4.75. The quantitative estimate of drug-likeness (QED) is 0.553. The van der Waals surface area contributed by atoms with Gasteiger partial charge < -0.3 is 4.74 Å². The molecule has 0 aliphatic carbocycles. The van der Waals surface area contributed by atoms with Gasteiger partial charge in [-0.15, -0.1) is 0 Å². The number of benzene rings is 1. The van der Waals surface area contributed by atoms with Crippen LogP contribution in [0.3, 0.4) is 0 Å². The zero-order valence-corrected chi connectivity index (χ0v) is 13.3. The Hall–Kier alpha value is -1.57. The number of hydrogen-bond donors (Lipinski definition) is 0. The molecule has 0 spiro atoms. The van der Waals surface area contributed by atoms with E-state index in [0.29, 0.717) is 6.61 Å². The van der Waals surface area contributed by atoms with E-state index in [9.17, 15) is 4.79 Å². The molecule has 1 aromatic rings. The summed E-state index contributed by atoms with van der Waals surface area (Å²) in [6.07, 6.45) is 2.81. The Bertz CT molecular complexity index is 460. The van der Waals surface area contributed by atoms with E-state index in [0.717, 1.165) is 12.0 Å². The number of ether oxygens (including phenoxy) is 1. The molecule has 110 valence electrons. The molecule has 1 rings (SSSR count). The first-order valence-electron chi connectivity index (χ1n) is 7.23. The maximum absolute atomic E-state index is 12.5. The molecule has 0 amide bonds. The number of allylic oxidation sites excluding steroid dienone is 2. The molecule has 0 aliphatic rings. The van der Waals surface area contributed by atoms with Crippen LogP contribution in [-0.4, -0.2) is 5.97 Å². The van der Waals surface area contributed by atoms with E-state index in [2.05, 4.69) is 26.8 Å². The molecule has 0 heterocycles. The fraction of sp³-hybridized carbons (Fsp3) is 0.500. The Labute approximate surface area is 122 Å². The molecule has 0 N–H and O–H groups in total. The second kappa shape index (κ2) is 7.28. The highest BCUT2D eigenvalue weighted by molar-refractivity contribution is 5.77. The van der Waals surface area contributed by atoms with Gasteiger partial charge in [0.25, 0.3) is 0 Å². The minimum Gasteiger partial charge on any atom is -0.460 e. The van der Waals surface area contributed by atoms with Gasteiger partial charge in [-0.05, 0) is 38.7 Å². The van der Waals surface area contributed by atoms with Gasteiger partial charge in [0.1, 0.15) is 6.61 Å². The van der Waals surface area contributed by atoms with Crippen molar-refractivity contribution in [1.82, 2.24) is 0 Å². The molecule has 2 heteroatoms. The Balaban J connectivity index is 2.74. The van der Waals surface area contributed by atoms with Gasteiger partial charge in [-0.25, -0.2) is 0 Å². The largest absolute Gasteiger partial charge is 0.460 e. The third-order valence-electron chi connectivity index (χ3n) is 4.09. The van der Waals surface area contributed by atoms with E-state index in [1.165, 1.54) is 5.57 Å². The van der Waals surface area contributed by atoms with Crippen LogP contribution in [-0.2, 0) is 16.1 Å². The van der Waals surface area contributed by atoms with E-state index in [1.807, 2.05) is 44.2 Å². The summed E-state index contributed by atoms with van der Waals surface area (Å²) in [6, 6.07) is 9.80. The van der Waals surface area contributed by atoms with Crippen LogP contribution in [0.5, 0.6) is 0 Å². The highest BCUT2D eigenvalue weighted by atomic mass is 16.5. The number of rotatable bonds is 6. The monoisotopic (exact) mass is 274 g/mol. The minimum absolute atomic E-state index is 0.113. The number of esters is 1. The number of hydrogen-bond acceptors (Lipinski definition) is 2. The van der Waals surface area contributed by atoms with Crippen LogP contribution >= 0.6 is 0 Å². The second-order valence-electron chi connectivity index (χ2n) is 5.95. The van der Waals surface area contributed by atoms with Crippen molar-refractivity contribution < 1.29 is 9.53 Å². The van der Waals surface area contributed by atoms with Crippen molar-refractivity contribution >= 4 is 5.97 Å². The third-order valence-corrected chi connectivity index (χ3v) is 4.09. The smallest absolute Gasteiger partial charge is 0.312 e. The first-order valence-corrected chi connectivity index (χ1v) is 7.23. The molecule has 2 nitrogen and oxygen atoms in total. The van der Waals surface area contributed by atoms with Gasteiger partial charge in [-0.1, -0.05) is 55.8 Å². The maximum atomic E-state index is 12.5. The lowest BCUT2D eigenvalue weighted by Gasteiger charge is -2.31. The summed E-state index contributed by atoms with van der Waals surface area (Å²) < 4.78 is 5.53. The minimum atomic E-state index is -0.467. The molecule has 0 fully saturated rings. The number of carbonyl (C=O) groups is 1. The highest BCUT2D eigenvalue weighted by Gasteiger charge is 2.38. The number of carbonyl (C=O) groups excluding carboxylic acids is 1. The van der Waals surface area contributed by atoms with Gasteiger partial charge in [0.15, 0.2) is 0 Å². The fourth-order valence-corrected chi connectivity index (χ4v) is 2.08. The average molecular weight is 274 g/mol. The van der Waals surface area contributed by atoms with Crippen molar-refractivity contribution in [2.75, 3.05) is 0 Å². The van der Waals surface area contributed by atoms with Gasteiger partial charge in [-0.3, -0.25) is 4.79 Å². The molecule has 1 atom stereocenters. The maximum Gasteiger partial charge on any atom is 0.312 e. The van der Waals surface area contributed by atoms with Gasteiger partial charge in [0, 0.05) is 0 Å². The molecule has 0 aliphatic heterocycles. The summed E-state index contributed by atoms with van der Waals surface area (Å²) >= 11 is 0. The summed E-state index contributed by atoms with van der Waals surface area (Å²) in [4.78, 5) is 12.5. The summed E-state index contributed by atoms with van der Waals surface area (Å²) in [5.74, 6) is 0.123. The molecular formula is C18H26O2. The summed E-state index contributed by atoms with van der Waals surface area (Å²) in [5.41, 5.74) is 1.78. The van der Waals surface area contributed by atoms with Crippen LogP contribution in [0.1, 0.15) is 46.6 Å². The highest BCUT2D eigenvalue weighted by Crippen LogP contribution is 2.35. The van der Waals surface area contributed by atoms with E-state index < -0.39 is 5.41 Å². The average Bonchev–Trinajstić information content (AvgIpc) is 2.45. The van der Waals surface area contributed by atoms with Crippen molar-refractivity contribution in [1.29, 1.82) is 0 Å². The van der Waals surface area contributed by atoms with Crippen LogP contribution in [0, 0.1) is 11.3 Å². The van der Waals surface area contributed by atoms with E-state index >= 15 is 0 Å². The van der Waals surface area contributed by atoms with Crippen LogP contribution in [0.4, 0.5) is 0 Å². The Kier molecular flexibility index (Phi) is 6.00. The zero-order chi connectivity index (χ0) is 15.2. The molecule has 20 heavy (non-hydrogen) atoms. The van der Waals surface area contributed by atoms with Gasteiger partial charge in [-0.2, -0.15) is 0 Å². The molecule has 1 aromatic carbocycles. The van der Waals surface area contributed by atoms with Gasteiger partial charge in [0.05, 0.1) is 5.41 Å². The molecule has 1 unspecified atom stereocenters. The van der Waals surface area contributed by atoms with Crippen LogP contribution in [0.2, 0.25) is 0 Å². The van der Waals surface area contributed by atoms with Crippen molar-refractivity contribution in [2.24, 2.45) is 11.3 Å². The normalized spacial score (nSPS) is 15.0. The van der Waals surface area contributed by atoms with Crippen molar-refractivity contribution in [3.8, 4) is 0 Å². The summed E-state index contributed by atoms with van der Waals surface area (Å²) in [6.45, 7) is 10.6. The molecule has 0 saturated heterocycles. The van der Waals surface area contributed by atoms with Crippen LogP contribution in [0.15, 0.2) is 42.0 Å². The lowest BCUT2D eigenvalue weighted by molar-refractivity contribution is -0.159. The molecule has 0 radical (unpaired) electrons. The lowest BCUT2D eigenvalue weighted by Crippen LogP contribution is -2.35. The van der Waals surface area contributed by atoms with Crippen LogP contribution in [0.25, 0.3) is 0 Å². The zero-order valence-electron chi connectivity index (χ0n) is 13.3. The topological polar surface area (TPSA) is 26.3 Å². The first kappa shape index (κ1) is 16.5. The van der Waals surface area contributed by atoms with Gasteiger partial charge in [0.2, 0.25) is 0 Å². The summed E-state index contributed by atoms with van der Waals surface area (Å²) in [7, 11) is 0. The summed E-state index contributed by atoms with van der Waals surface area (Å²) in [5, 5.41) is 0. The van der Waals surface area contributed by atoms with Gasteiger partial charge >= 0.3 is 5.97 Å². The molecular weight excluding hydrogens is 248 g/mol. The Morgan fingerprint density at radius 1 is 1.30 bits per heavy atom. The molecule has 0 bridgehead atoms. The van der Waals surface area contributed by atoms with E-state index in [1.54, 1.807) is 0 Å². The Morgan fingerprint density at radius 3 is 2.40 bits per heavy atom. The fourth-order valence-electron chi connectivity index (χ4n) is 2.08. The molecule has 0 saturated carbocycles.